The molecule has 5 nitrogen and oxygen atoms in total. The summed E-state index contributed by atoms with van der Waals surface area (Å²) < 4.78 is 46.6. The van der Waals surface area contributed by atoms with E-state index in [0.717, 1.165) is 6.26 Å². The van der Waals surface area contributed by atoms with Crippen LogP contribution in [0.1, 0.15) is 0 Å². The van der Waals surface area contributed by atoms with Gasteiger partial charge in [-0.05, 0) is 0 Å². The van der Waals surface area contributed by atoms with Crippen LogP contribution in [-0.4, -0.2) is 41.2 Å². The second-order valence-corrected chi connectivity index (χ2v) is 6.73. The summed E-state index contributed by atoms with van der Waals surface area (Å²) in [6.07, 6.45) is 0.945. The van der Waals surface area contributed by atoms with Crippen molar-refractivity contribution >= 4 is 20.0 Å². The zero-order valence-electron chi connectivity index (χ0n) is 6.56. The molecule has 0 bridgehead atoms. The average molecular weight is 214 g/mol. The maximum Gasteiger partial charge on any atom is 0.264 e. The largest absolute Gasteiger partial charge is 0.270 e. The van der Waals surface area contributed by atoms with Crippen LogP contribution in [0.5, 0.6) is 0 Å². The Kier molecular flexibility index (Phi) is 2.46. The highest BCUT2D eigenvalue weighted by Crippen LogP contribution is 2.18. The number of hydrogen-bond acceptors (Lipinski definition) is 5. The summed E-state index contributed by atoms with van der Waals surface area (Å²) in [5, 5.41) is 0. The summed E-state index contributed by atoms with van der Waals surface area (Å²) in [5.41, 5.74) is 0. The van der Waals surface area contributed by atoms with E-state index in [-0.39, 0.29) is 24.0 Å². The summed E-state index contributed by atoms with van der Waals surface area (Å²) in [4.78, 5) is 0. The molecule has 0 atom stereocenters. The van der Waals surface area contributed by atoms with Crippen molar-refractivity contribution in [3.05, 3.63) is 0 Å². The molecular weight excluding hydrogens is 204 g/mol. The Balaban J connectivity index is 2.30. The molecule has 0 saturated carbocycles. The summed E-state index contributed by atoms with van der Waals surface area (Å²) in [7, 11) is -6.30. The van der Waals surface area contributed by atoms with Crippen molar-refractivity contribution in [3.8, 4) is 0 Å². The molecular formula is C5H10O5S2. The summed E-state index contributed by atoms with van der Waals surface area (Å²) >= 11 is 0. The van der Waals surface area contributed by atoms with Crippen molar-refractivity contribution in [2.45, 2.75) is 0 Å². The van der Waals surface area contributed by atoms with Crippen LogP contribution in [0.3, 0.4) is 0 Å². The summed E-state index contributed by atoms with van der Waals surface area (Å²) in [6.45, 7) is -0.0158. The molecule has 1 saturated heterocycles. The van der Waals surface area contributed by atoms with E-state index in [1.807, 2.05) is 0 Å². The molecule has 0 amide bonds. The van der Waals surface area contributed by atoms with Crippen LogP contribution in [0.25, 0.3) is 0 Å². The maximum atomic E-state index is 10.6. The van der Waals surface area contributed by atoms with Crippen molar-refractivity contribution in [2.24, 2.45) is 5.92 Å². The van der Waals surface area contributed by atoms with Gasteiger partial charge in [0.1, 0.15) is 0 Å². The number of sulfone groups is 1. The predicted octanol–water partition coefficient (Wildman–Crippen LogP) is -0.993. The van der Waals surface area contributed by atoms with E-state index in [0.29, 0.717) is 0 Å². The van der Waals surface area contributed by atoms with Gasteiger partial charge in [-0.25, -0.2) is 8.42 Å². The Hall–Kier alpha value is -0.140. The van der Waals surface area contributed by atoms with Crippen LogP contribution in [0.15, 0.2) is 0 Å². The Morgan fingerprint density at radius 2 is 1.92 bits per heavy atom. The van der Waals surface area contributed by atoms with E-state index in [1.165, 1.54) is 0 Å². The SMILES string of the molecule is CS(=O)(=O)OCC1CS(=O)(=O)C1. The first-order valence-corrected chi connectivity index (χ1v) is 6.97. The lowest BCUT2D eigenvalue weighted by Crippen LogP contribution is -2.39. The monoisotopic (exact) mass is 214 g/mol. The molecule has 12 heavy (non-hydrogen) atoms. The lowest BCUT2D eigenvalue weighted by atomic mass is 10.2. The molecule has 1 fully saturated rings. The molecule has 1 aliphatic rings. The third-order valence-electron chi connectivity index (χ3n) is 1.50. The first kappa shape index (κ1) is 9.94. The van der Waals surface area contributed by atoms with Crippen molar-refractivity contribution in [1.29, 1.82) is 0 Å². The van der Waals surface area contributed by atoms with Crippen LogP contribution >= 0.6 is 0 Å². The van der Waals surface area contributed by atoms with Gasteiger partial charge in [0.25, 0.3) is 10.1 Å². The molecule has 0 radical (unpaired) electrons. The third-order valence-corrected chi connectivity index (χ3v) is 4.02. The van der Waals surface area contributed by atoms with Crippen LogP contribution in [0, 0.1) is 5.92 Å². The third kappa shape index (κ3) is 3.08. The minimum atomic E-state index is -3.43. The van der Waals surface area contributed by atoms with Crippen molar-refractivity contribution in [3.63, 3.8) is 0 Å². The predicted molar refractivity (Wildman–Crippen MR) is 42.9 cm³/mol. The van der Waals surface area contributed by atoms with Crippen LogP contribution in [-0.2, 0) is 24.1 Å². The molecule has 7 heteroatoms. The van der Waals surface area contributed by atoms with Crippen molar-refractivity contribution < 1.29 is 21.0 Å². The zero-order valence-corrected chi connectivity index (χ0v) is 8.19. The first-order valence-electron chi connectivity index (χ1n) is 3.33. The molecule has 1 heterocycles. The van der Waals surface area contributed by atoms with E-state index < -0.39 is 20.0 Å². The standard InChI is InChI=1S/C5H10O5S2/c1-11(6,7)10-2-5-3-12(8,9)4-5/h5H,2-4H2,1H3. The zero-order chi connectivity index (χ0) is 9.41. The van der Waals surface area contributed by atoms with Gasteiger partial charge in [0, 0.05) is 5.92 Å². The number of hydrogen-bond donors (Lipinski definition) is 0. The smallest absolute Gasteiger partial charge is 0.264 e. The van der Waals surface area contributed by atoms with Gasteiger partial charge in [0.2, 0.25) is 0 Å². The Bertz CT molecular complexity index is 339. The van der Waals surface area contributed by atoms with E-state index in [1.54, 1.807) is 0 Å². The van der Waals surface area contributed by atoms with Gasteiger partial charge in [0.15, 0.2) is 9.84 Å². The molecule has 0 aromatic rings. The van der Waals surface area contributed by atoms with Gasteiger partial charge in [0.05, 0.1) is 24.4 Å². The quantitative estimate of drug-likeness (QED) is 0.563. The molecule has 1 rings (SSSR count). The van der Waals surface area contributed by atoms with Gasteiger partial charge >= 0.3 is 0 Å². The fourth-order valence-electron chi connectivity index (χ4n) is 0.985. The lowest BCUT2D eigenvalue weighted by Gasteiger charge is -2.24. The van der Waals surface area contributed by atoms with Gasteiger partial charge in [-0.1, -0.05) is 0 Å². The Morgan fingerprint density at radius 3 is 2.25 bits per heavy atom. The van der Waals surface area contributed by atoms with E-state index in [2.05, 4.69) is 4.18 Å². The van der Waals surface area contributed by atoms with E-state index in [9.17, 15) is 16.8 Å². The molecule has 0 spiro atoms. The maximum absolute atomic E-state index is 10.6. The van der Waals surface area contributed by atoms with Crippen molar-refractivity contribution in [1.82, 2.24) is 0 Å². The first-order chi connectivity index (χ1) is 5.29. The summed E-state index contributed by atoms with van der Waals surface area (Å²) in [5.74, 6) is -0.0601. The Morgan fingerprint density at radius 1 is 1.42 bits per heavy atom. The average Bonchev–Trinajstić information content (AvgIpc) is 1.76. The topological polar surface area (TPSA) is 77.5 Å². The molecule has 0 aromatic carbocycles. The molecule has 0 aliphatic carbocycles. The molecule has 0 aromatic heterocycles. The highest BCUT2D eigenvalue weighted by Gasteiger charge is 2.33. The lowest BCUT2D eigenvalue weighted by molar-refractivity contribution is 0.270. The van der Waals surface area contributed by atoms with Crippen LogP contribution in [0.2, 0.25) is 0 Å². The second kappa shape index (κ2) is 2.97. The normalized spacial score (nSPS) is 23.4. The Labute approximate surface area is 71.8 Å². The van der Waals surface area contributed by atoms with Gasteiger partial charge in [-0.3, -0.25) is 4.18 Å². The summed E-state index contributed by atoms with van der Waals surface area (Å²) in [6, 6.07) is 0. The fourth-order valence-corrected chi connectivity index (χ4v) is 2.96. The molecule has 72 valence electrons. The minimum Gasteiger partial charge on any atom is -0.270 e. The fraction of sp³-hybridized carbons (Fsp3) is 1.00. The highest BCUT2D eigenvalue weighted by molar-refractivity contribution is 7.92. The molecule has 0 unspecified atom stereocenters. The molecule has 1 aliphatic heterocycles. The van der Waals surface area contributed by atoms with Crippen LogP contribution < -0.4 is 0 Å². The van der Waals surface area contributed by atoms with Gasteiger partial charge in [-0.2, -0.15) is 8.42 Å². The second-order valence-electron chi connectivity index (χ2n) is 2.93. The minimum absolute atomic E-state index is 0.0158. The van der Waals surface area contributed by atoms with Crippen molar-refractivity contribution in [2.75, 3.05) is 24.4 Å². The van der Waals surface area contributed by atoms with Crippen LogP contribution in [0.4, 0.5) is 0 Å². The van der Waals surface area contributed by atoms with E-state index >= 15 is 0 Å². The van der Waals surface area contributed by atoms with E-state index in [4.69, 9.17) is 0 Å². The molecule has 0 N–H and O–H groups in total. The number of rotatable bonds is 3. The van der Waals surface area contributed by atoms with Gasteiger partial charge in [-0.15, -0.1) is 0 Å². The highest BCUT2D eigenvalue weighted by atomic mass is 32.2. The van der Waals surface area contributed by atoms with Gasteiger partial charge < -0.3 is 0 Å².